The molecule has 166 valence electrons. The maximum atomic E-state index is 12.7. The number of likely N-dealkylation sites (tertiary alicyclic amines) is 2. The molecule has 0 aliphatic carbocycles. The van der Waals surface area contributed by atoms with E-state index < -0.39 is 10.0 Å². The predicted octanol–water partition coefficient (Wildman–Crippen LogP) is 0.941. The van der Waals surface area contributed by atoms with Crippen LogP contribution in [0.5, 0.6) is 0 Å². The minimum atomic E-state index is -3.50. The Kier molecular flexibility index (Phi) is 6.74. The van der Waals surface area contributed by atoms with Crippen molar-refractivity contribution in [3.63, 3.8) is 0 Å². The Hall–Kier alpha value is -1.52. The third kappa shape index (κ3) is 4.86. The Morgan fingerprint density at radius 1 is 1.07 bits per heavy atom. The van der Waals surface area contributed by atoms with E-state index in [2.05, 4.69) is 15.1 Å². The maximum Gasteiger partial charge on any atom is 0.243 e. The van der Waals surface area contributed by atoms with Crippen molar-refractivity contribution < 1.29 is 18.3 Å². The van der Waals surface area contributed by atoms with Gasteiger partial charge in [-0.15, -0.1) is 0 Å². The summed E-state index contributed by atoms with van der Waals surface area (Å²) in [7, 11) is -3.50. The topological polar surface area (TPSA) is 93.2 Å². The standard InChI is InChI=1S/C21H32N4O4S/c26-20-16-23(15-19(20)24-9-1-2-10-24)13-8-21(27)22-17-6-5-7-18(14-17)30(28,29)25-11-3-4-12-25/h5-7,14,19-20,26H,1-4,8-13,15-16H2,(H,22,27)/t19-,20-/m1/s1. The average molecular weight is 437 g/mol. The van der Waals surface area contributed by atoms with Crippen LogP contribution in [0.3, 0.4) is 0 Å². The van der Waals surface area contributed by atoms with E-state index in [0.717, 1.165) is 32.5 Å². The zero-order chi connectivity index (χ0) is 21.1. The Balaban J connectivity index is 1.29. The number of rotatable bonds is 7. The second kappa shape index (κ2) is 9.32. The third-order valence-corrected chi connectivity index (χ3v) is 8.31. The van der Waals surface area contributed by atoms with E-state index in [9.17, 15) is 18.3 Å². The van der Waals surface area contributed by atoms with Gasteiger partial charge in [-0.3, -0.25) is 14.6 Å². The zero-order valence-corrected chi connectivity index (χ0v) is 18.2. The number of hydrogen-bond donors (Lipinski definition) is 2. The van der Waals surface area contributed by atoms with Crippen molar-refractivity contribution in [2.75, 3.05) is 51.1 Å². The maximum absolute atomic E-state index is 12.7. The fourth-order valence-corrected chi connectivity index (χ4v) is 6.32. The SMILES string of the molecule is O=C(CCN1C[C@@H](O)[C@H](N2CCCC2)C1)Nc1cccc(S(=O)(=O)N2CCCC2)c1. The Labute approximate surface area is 178 Å². The van der Waals surface area contributed by atoms with Crippen LogP contribution in [0.1, 0.15) is 32.1 Å². The van der Waals surface area contributed by atoms with Gasteiger partial charge in [-0.2, -0.15) is 4.31 Å². The molecule has 3 aliphatic heterocycles. The molecular formula is C21H32N4O4S. The van der Waals surface area contributed by atoms with E-state index in [1.807, 2.05) is 0 Å². The van der Waals surface area contributed by atoms with Crippen LogP contribution < -0.4 is 5.32 Å². The predicted molar refractivity (Wildman–Crippen MR) is 115 cm³/mol. The number of benzene rings is 1. The Morgan fingerprint density at radius 3 is 2.50 bits per heavy atom. The molecule has 0 aromatic heterocycles. The molecule has 8 nitrogen and oxygen atoms in total. The highest BCUT2D eigenvalue weighted by atomic mass is 32.2. The summed E-state index contributed by atoms with van der Waals surface area (Å²) in [6.45, 7) is 5.17. The lowest BCUT2D eigenvalue weighted by atomic mass is 10.2. The lowest BCUT2D eigenvalue weighted by Crippen LogP contribution is -2.41. The minimum Gasteiger partial charge on any atom is -0.390 e. The number of hydrogen-bond acceptors (Lipinski definition) is 6. The van der Waals surface area contributed by atoms with Crippen LogP contribution in [0.4, 0.5) is 5.69 Å². The molecule has 0 unspecified atom stereocenters. The van der Waals surface area contributed by atoms with Gasteiger partial charge in [0.15, 0.2) is 0 Å². The van der Waals surface area contributed by atoms with Gasteiger partial charge in [-0.05, 0) is 57.0 Å². The first-order chi connectivity index (χ1) is 14.4. The van der Waals surface area contributed by atoms with E-state index in [0.29, 0.717) is 38.3 Å². The summed E-state index contributed by atoms with van der Waals surface area (Å²) in [5.41, 5.74) is 0.497. The van der Waals surface area contributed by atoms with Crippen LogP contribution in [-0.2, 0) is 14.8 Å². The zero-order valence-electron chi connectivity index (χ0n) is 17.4. The van der Waals surface area contributed by atoms with Crippen molar-refractivity contribution in [3.05, 3.63) is 24.3 Å². The Morgan fingerprint density at radius 2 is 1.77 bits per heavy atom. The van der Waals surface area contributed by atoms with E-state index in [4.69, 9.17) is 0 Å². The highest BCUT2D eigenvalue weighted by molar-refractivity contribution is 7.89. The normalized spacial score (nSPS) is 26.4. The van der Waals surface area contributed by atoms with Gasteiger partial charge in [-0.25, -0.2) is 8.42 Å². The lowest BCUT2D eigenvalue weighted by Gasteiger charge is -2.25. The summed E-state index contributed by atoms with van der Waals surface area (Å²) < 4.78 is 26.9. The number of amides is 1. The monoisotopic (exact) mass is 436 g/mol. The summed E-state index contributed by atoms with van der Waals surface area (Å²) in [4.78, 5) is 17.2. The second-order valence-electron chi connectivity index (χ2n) is 8.57. The van der Waals surface area contributed by atoms with Crippen LogP contribution >= 0.6 is 0 Å². The quantitative estimate of drug-likeness (QED) is 0.661. The van der Waals surface area contributed by atoms with Gasteiger partial charge in [0.1, 0.15) is 0 Å². The van der Waals surface area contributed by atoms with Gasteiger partial charge in [0.05, 0.1) is 11.0 Å². The number of nitrogens with one attached hydrogen (secondary N) is 1. The van der Waals surface area contributed by atoms with Crippen LogP contribution in [-0.4, -0.2) is 91.5 Å². The molecule has 1 amide bonds. The molecule has 30 heavy (non-hydrogen) atoms. The first kappa shape index (κ1) is 21.7. The van der Waals surface area contributed by atoms with Crippen molar-refractivity contribution in [2.24, 2.45) is 0 Å². The molecule has 4 rings (SSSR count). The number of carbonyl (C=O) groups is 1. The number of anilines is 1. The molecule has 0 bridgehead atoms. The Bertz CT molecular complexity index is 850. The molecule has 1 aromatic carbocycles. The molecule has 2 atom stereocenters. The fourth-order valence-electron chi connectivity index (χ4n) is 4.76. The molecule has 3 aliphatic rings. The van der Waals surface area contributed by atoms with Crippen LogP contribution in [0.15, 0.2) is 29.2 Å². The molecule has 3 fully saturated rings. The van der Waals surface area contributed by atoms with Crippen molar-refractivity contribution in [2.45, 2.75) is 49.1 Å². The number of carbonyl (C=O) groups excluding carboxylic acids is 1. The van der Waals surface area contributed by atoms with Gasteiger partial charge in [0.25, 0.3) is 0 Å². The van der Waals surface area contributed by atoms with Crippen molar-refractivity contribution in [1.82, 2.24) is 14.1 Å². The molecule has 1 aromatic rings. The first-order valence-corrected chi connectivity index (χ1v) is 12.4. The fraction of sp³-hybridized carbons (Fsp3) is 0.667. The molecule has 0 saturated carbocycles. The minimum absolute atomic E-state index is 0.148. The molecule has 3 heterocycles. The average Bonchev–Trinajstić information content (AvgIpc) is 3.48. The second-order valence-corrected chi connectivity index (χ2v) is 10.5. The highest BCUT2D eigenvalue weighted by Crippen LogP contribution is 2.24. The van der Waals surface area contributed by atoms with Gasteiger partial charge in [0, 0.05) is 50.9 Å². The molecule has 9 heteroatoms. The largest absolute Gasteiger partial charge is 0.390 e. The summed E-state index contributed by atoms with van der Waals surface area (Å²) in [5.74, 6) is -0.148. The van der Waals surface area contributed by atoms with E-state index in [-0.39, 0.29) is 22.9 Å². The van der Waals surface area contributed by atoms with E-state index in [1.165, 1.54) is 23.2 Å². The van der Waals surface area contributed by atoms with Crippen molar-refractivity contribution >= 4 is 21.6 Å². The van der Waals surface area contributed by atoms with Gasteiger partial charge >= 0.3 is 0 Å². The van der Waals surface area contributed by atoms with Crippen LogP contribution in [0.25, 0.3) is 0 Å². The van der Waals surface area contributed by atoms with Crippen LogP contribution in [0, 0.1) is 0 Å². The summed E-state index contributed by atoms with van der Waals surface area (Å²) in [6, 6.07) is 6.66. The lowest BCUT2D eigenvalue weighted by molar-refractivity contribution is -0.116. The summed E-state index contributed by atoms with van der Waals surface area (Å²) in [5, 5.41) is 13.2. The smallest absolute Gasteiger partial charge is 0.243 e. The molecular weight excluding hydrogens is 404 g/mol. The number of aliphatic hydroxyl groups is 1. The van der Waals surface area contributed by atoms with Crippen molar-refractivity contribution in [3.8, 4) is 0 Å². The number of nitrogens with zero attached hydrogens (tertiary/aromatic N) is 3. The molecule has 0 radical (unpaired) electrons. The first-order valence-electron chi connectivity index (χ1n) is 11.0. The number of aliphatic hydroxyl groups excluding tert-OH is 1. The number of β-amino-alcohol motifs (C(OH)–C–C–N with tert-alkyl or cyclic N) is 1. The molecule has 0 spiro atoms. The molecule has 3 saturated heterocycles. The van der Waals surface area contributed by atoms with Crippen LogP contribution in [0.2, 0.25) is 0 Å². The van der Waals surface area contributed by atoms with Gasteiger partial charge in [-0.1, -0.05) is 6.07 Å². The third-order valence-electron chi connectivity index (χ3n) is 6.42. The van der Waals surface area contributed by atoms with Gasteiger partial charge in [0.2, 0.25) is 15.9 Å². The van der Waals surface area contributed by atoms with E-state index >= 15 is 0 Å². The van der Waals surface area contributed by atoms with Crippen molar-refractivity contribution in [1.29, 1.82) is 0 Å². The van der Waals surface area contributed by atoms with Gasteiger partial charge < -0.3 is 10.4 Å². The summed E-state index contributed by atoms with van der Waals surface area (Å²) in [6.07, 6.45) is 4.11. The van der Waals surface area contributed by atoms with E-state index in [1.54, 1.807) is 18.2 Å². The highest BCUT2D eigenvalue weighted by Gasteiger charge is 2.36. The summed E-state index contributed by atoms with van der Waals surface area (Å²) >= 11 is 0. The number of sulfonamides is 1. The molecule has 2 N–H and O–H groups in total.